The third kappa shape index (κ3) is 1.93. The third-order valence-electron chi connectivity index (χ3n) is 3.60. The standard InChI is InChI=1S/C12H17N5O/c1-16-8-13-11-6-17(5-9-3-14-15-4-9)10(7-18)2-12(11)16/h3-4,8,10,18H,2,5-7H2,1H3,(H,14,15). The molecule has 6 nitrogen and oxygen atoms in total. The molecule has 2 aromatic heterocycles. The van der Waals surface area contributed by atoms with Crippen LogP contribution in [0.15, 0.2) is 18.7 Å². The summed E-state index contributed by atoms with van der Waals surface area (Å²) in [4.78, 5) is 6.67. The van der Waals surface area contributed by atoms with Gasteiger partial charge in [0.2, 0.25) is 0 Å². The van der Waals surface area contributed by atoms with Crippen molar-refractivity contribution in [3.63, 3.8) is 0 Å². The predicted octanol–water partition coefficient (Wildman–Crippen LogP) is 0.0624. The molecule has 1 aliphatic rings. The maximum Gasteiger partial charge on any atom is 0.0949 e. The van der Waals surface area contributed by atoms with Gasteiger partial charge in [0.1, 0.15) is 0 Å². The summed E-state index contributed by atoms with van der Waals surface area (Å²) in [5, 5.41) is 16.3. The van der Waals surface area contributed by atoms with Crippen LogP contribution < -0.4 is 0 Å². The minimum absolute atomic E-state index is 0.155. The van der Waals surface area contributed by atoms with Crippen molar-refractivity contribution in [1.29, 1.82) is 0 Å². The summed E-state index contributed by atoms with van der Waals surface area (Å²) in [5.41, 5.74) is 3.48. The fourth-order valence-electron chi connectivity index (χ4n) is 2.54. The molecular weight excluding hydrogens is 230 g/mol. The van der Waals surface area contributed by atoms with Crippen LogP contribution in [-0.4, -0.2) is 42.4 Å². The van der Waals surface area contributed by atoms with Crippen LogP contribution in [0.4, 0.5) is 0 Å². The van der Waals surface area contributed by atoms with E-state index in [1.807, 2.05) is 30.3 Å². The number of aromatic amines is 1. The topological polar surface area (TPSA) is 70.0 Å². The maximum absolute atomic E-state index is 9.55. The number of imidazole rings is 1. The van der Waals surface area contributed by atoms with Crippen molar-refractivity contribution in [2.24, 2.45) is 7.05 Å². The summed E-state index contributed by atoms with van der Waals surface area (Å²) in [7, 11) is 2.01. The van der Waals surface area contributed by atoms with Crippen LogP contribution in [0.2, 0.25) is 0 Å². The number of aliphatic hydroxyl groups is 1. The van der Waals surface area contributed by atoms with Crippen LogP contribution in [0, 0.1) is 0 Å². The molecule has 1 atom stereocenters. The highest BCUT2D eigenvalue weighted by Gasteiger charge is 2.28. The van der Waals surface area contributed by atoms with E-state index in [0.717, 1.165) is 30.8 Å². The Morgan fingerprint density at radius 1 is 1.56 bits per heavy atom. The largest absolute Gasteiger partial charge is 0.395 e. The highest BCUT2D eigenvalue weighted by molar-refractivity contribution is 5.18. The summed E-state index contributed by atoms with van der Waals surface area (Å²) in [5.74, 6) is 0. The molecule has 0 amide bonds. The highest BCUT2D eigenvalue weighted by Crippen LogP contribution is 2.23. The lowest BCUT2D eigenvalue weighted by Gasteiger charge is -2.34. The van der Waals surface area contributed by atoms with Crippen molar-refractivity contribution in [2.75, 3.05) is 6.61 Å². The molecule has 1 aliphatic heterocycles. The van der Waals surface area contributed by atoms with E-state index < -0.39 is 0 Å². The summed E-state index contributed by atoms with van der Waals surface area (Å²) >= 11 is 0. The quantitative estimate of drug-likeness (QED) is 0.805. The molecule has 0 aromatic carbocycles. The van der Waals surface area contributed by atoms with Gasteiger partial charge in [0, 0.05) is 50.1 Å². The van der Waals surface area contributed by atoms with E-state index in [-0.39, 0.29) is 12.6 Å². The number of H-pyrrole nitrogens is 1. The number of rotatable bonds is 3. The molecule has 0 aliphatic carbocycles. The zero-order valence-corrected chi connectivity index (χ0v) is 10.4. The first-order valence-corrected chi connectivity index (χ1v) is 6.09. The Labute approximate surface area is 105 Å². The Balaban J connectivity index is 1.82. The van der Waals surface area contributed by atoms with Gasteiger partial charge in [-0.3, -0.25) is 10.00 Å². The first kappa shape index (κ1) is 11.4. The van der Waals surface area contributed by atoms with E-state index in [0.29, 0.717) is 0 Å². The van der Waals surface area contributed by atoms with Gasteiger partial charge in [-0.25, -0.2) is 4.98 Å². The molecule has 2 N–H and O–H groups in total. The first-order chi connectivity index (χ1) is 8.78. The summed E-state index contributed by atoms with van der Waals surface area (Å²) in [6, 6.07) is 0.155. The molecule has 2 aromatic rings. The Morgan fingerprint density at radius 2 is 2.44 bits per heavy atom. The second-order valence-electron chi connectivity index (χ2n) is 4.80. The van der Waals surface area contributed by atoms with Gasteiger partial charge >= 0.3 is 0 Å². The third-order valence-corrected chi connectivity index (χ3v) is 3.60. The van der Waals surface area contributed by atoms with Gasteiger partial charge < -0.3 is 9.67 Å². The number of nitrogens with one attached hydrogen (secondary N) is 1. The van der Waals surface area contributed by atoms with Crippen LogP contribution in [-0.2, 0) is 26.6 Å². The number of aryl methyl sites for hydroxylation is 1. The monoisotopic (exact) mass is 247 g/mol. The average Bonchev–Trinajstić information content (AvgIpc) is 2.99. The number of nitrogens with zero attached hydrogens (tertiary/aromatic N) is 4. The molecule has 1 unspecified atom stereocenters. The van der Waals surface area contributed by atoms with Crippen molar-refractivity contribution < 1.29 is 5.11 Å². The van der Waals surface area contributed by atoms with Crippen LogP contribution in [0.25, 0.3) is 0 Å². The van der Waals surface area contributed by atoms with Crippen molar-refractivity contribution in [1.82, 2.24) is 24.6 Å². The SMILES string of the molecule is Cn1cnc2c1CC(CO)N(Cc1cn[nH]c1)C2. The van der Waals surface area contributed by atoms with Crippen LogP contribution >= 0.6 is 0 Å². The van der Waals surface area contributed by atoms with Gasteiger partial charge in [-0.2, -0.15) is 5.10 Å². The van der Waals surface area contributed by atoms with E-state index in [2.05, 4.69) is 20.1 Å². The smallest absolute Gasteiger partial charge is 0.0949 e. The second kappa shape index (κ2) is 4.55. The average molecular weight is 247 g/mol. The first-order valence-electron chi connectivity index (χ1n) is 6.09. The lowest BCUT2D eigenvalue weighted by Crippen LogP contribution is -2.42. The number of aliphatic hydroxyl groups excluding tert-OH is 1. The maximum atomic E-state index is 9.55. The van der Waals surface area contributed by atoms with Gasteiger partial charge in [0.15, 0.2) is 0 Å². The zero-order chi connectivity index (χ0) is 12.5. The Bertz CT molecular complexity index is 519. The molecule has 0 spiro atoms. The predicted molar refractivity (Wildman–Crippen MR) is 65.6 cm³/mol. The molecular formula is C12H17N5O. The van der Waals surface area contributed by atoms with E-state index in [1.165, 1.54) is 5.69 Å². The Kier molecular flexibility index (Phi) is 2.89. The van der Waals surface area contributed by atoms with Gasteiger partial charge in [-0.1, -0.05) is 0 Å². The van der Waals surface area contributed by atoms with Crippen LogP contribution in [0.5, 0.6) is 0 Å². The van der Waals surface area contributed by atoms with E-state index in [9.17, 15) is 5.11 Å². The Morgan fingerprint density at radius 3 is 3.17 bits per heavy atom. The lowest BCUT2D eigenvalue weighted by molar-refractivity contribution is 0.0967. The fraction of sp³-hybridized carbons (Fsp3) is 0.500. The van der Waals surface area contributed by atoms with Gasteiger partial charge in [0.25, 0.3) is 0 Å². The van der Waals surface area contributed by atoms with E-state index in [1.54, 1.807) is 0 Å². The van der Waals surface area contributed by atoms with Crippen molar-refractivity contribution >= 4 is 0 Å². The van der Waals surface area contributed by atoms with Crippen molar-refractivity contribution in [2.45, 2.75) is 25.6 Å². The number of hydrogen-bond donors (Lipinski definition) is 2. The van der Waals surface area contributed by atoms with Crippen molar-refractivity contribution in [3.8, 4) is 0 Å². The van der Waals surface area contributed by atoms with Crippen molar-refractivity contribution in [3.05, 3.63) is 35.7 Å². The summed E-state index contributed by atoms with van der Waals surface area (Å²) in [6.45, 7) is 1.74. The molecule has 0 saturated heterocycles. The molecule has 3 rings (SSSR count). The molecule has 96 valence electrons. The minimum atomic E-state index is 0.155. The second-order valence-corrected chi connectivity index (χ2v) is 4.80. The number of hydrogen-bond acceptors (Lipinski definition) is 4. The lowest BCUT2D eigenvalue weighted by atomic mass is 10.0. The summed E-state index contributed by atoms with van der Waals surface area (Å²) < 4.78 is 2.05. The van der Waals surface area contributed by atoms with Crippen LogP contribution in [0.1, 0.15) is 17.0 Å². The summed E-state index contributed by atoms with van der Waals surface area (Å²) in [6.07, 6.45) is 6.41. The molecule has 0 saturated carbocycles. The number of fused-ring (bicyclic) bond motifs is 1. The van der Waals surface area contributed by atoms with Gasteiger partial charge in [-0.15, -0.1) is 0 Å². The number of aromatic nitrogens is 4. The minimum Gasteiger partial charge on any atom is -0.395 e. The molecule has 18 heavy (non-hydrogen) atoms. The molecule has 0 fully saturated rings. The normalized spacial score (nSPS) is 20.0. The molecule has 0 radical (unpaired) electrons. The highest BCUT2D eigenvalue weighted by atomic mass is 16.3. The van der Waals surface area contributed by atoms with E-state index in [4.69, 9.17) is 0 Å². The molecule has 3 heterocycles. The fourth-order valence-corrected chi connectivity index (χ4v) is 2.54. The molecule has 6 heteroatoms. The van der Waals surface area contributed by atoms with E-state index >= 15 is 0 Å². The van der Waals surface area contributed by atoms with Gasteiger partial charge in [-0.05, 0) is 0 Å². The van der Waals surface area contributed by atoms with Crippen LogP contribution in [0.3, 0.4) is 0 Å². The van der Waals surface area contributed by atoms with Gasteiger partial charge in [0.05, 0.1) is 24.8 Å². The Hall–Kier alpha value is -1.66. The molecule has 0 bridgehead atoms. The zero-order valence-electron chi connectivity index (χ0n) is 10.4.